The molecule has 1 N–H and O–H groups in total. The van der Waals surface area contributed by atoms with Gasteiger partial charge in [-0.1, -0.05) is 91.0 Å². The number of aromatic nitrogens is 1. The molecule has 0 spiro atoms. The molecule has 1 atom stereocenters. The maximum Gasteiger partial charge on any atom is 0.157 e. The number of sulfone groups is 1. The molecule has 0 amide bonds. The largest absolute Gasteiger partial charge is 0.391 e. The second-order valence-corrected chi connectivity index (χ2v) is 11.2. The predicted octanol–water partition coefficient (Wildman–Crippen LogP) is 5.36. The zero-order valence-electron chi connectivity index (χ0n) is 18.9. The molecule has 0 aliphatic rings. The molecule has 0 unspecified atom stereocenters. The van der Waals surface area contributed by atoms with Gasteiger partial charge in [0.25, 0.3) is 0 Å². The van der Waals surface area contributed by atoms with Crippen molar-refractivity contribution >= 4 is 21.6 Å². The van der Waals surface area contributed by atoms with Gasteiger partial charge in [-0.15, -0.1) is 11.8 Å². The number of aliphatic hydroxyl groups excluding tert-OH is 1. The Bertz CT molecular complexity index is 1420. The molecule has 5 nitrogen and oxygen atoms in total. The van der Waals surface area contributed by atoms with Crippen molar-refractivity contribution in [1.29, 1.82) is 5.26 Å². The van der Waals surface area contributed by atoms with Crippen LogP contribution in [0, 0.1) is 11.3 Å². The molecular weight excluding hydrogens is 476 g/mol. The molecule has 4 rings (SSSR count). The lowest BCUT2D eigenvalue weighted by molar-refractivity contribution is 0.222. The first-order valence-electron chi connectivity index (χ1n) is 11.1. The number of nitriles is 1. The third kappa shape index (κ3) is 6.58. The number of hydrogen-bond donors (Lipinski definition) is 1. The van der Waals surface area contributed by atoms with Gasteiger partial charge in [0, 0.05) is 16.9 Å². The normalized spacial score (nSPS) is 12.1. The van der Waals surface area contributed by atoms with E-state index in [1.807, 2.05) is 72.8 Å². The van der Waals surface area contributed by atoms with Crippen molar-refractivity contribution < 1.29 is 13.5 Å². The SMILES string of the molecule is N#Cc1c(-c2ccccc2)cc(-c2ccccc2)nc1SC[C@H](O)CS(=O)(=O)Cc1ccccc1. The van der Waals surface area contributed by atoms with Crippen LogP contribution in [-0.2, 0) is 15.6 Å². The fourth-order valence-electron chi connectivity index (χ4n) is 3.74. The summed E-state index contributed by atoms with van der Waals surface area (Å²) in [5.41, 5.74) is 4.33. The van der Waals surface area contributed by atoms with E-state index in [0.29, 0.717) is 21.8 Å². The predicted molar refractivity (Wildman–Crippen MR) is 140 cm³/mol. The van der Waals surface area contributed by atoms with E-state index in [1.165, 1.54) is 11.8 Å². The number of hydrogen-bond acceptors (Lipinski definition) is 6. The Morgan fingerprint density at radius 1 is 0.886 bits per heavy atom. The lowest BCUT2D eigenvalue weighted by Gasteiger charge is -2.15. The molecule has 0 aliphatic carbocycles. The quantitative estimate of drug-likeness (QED) is 0.311. The van der Waals surface area contributed by atoms with Gasteiger partial charge < -0.3 is 5.11 Å². The van der Waals surface area contributed by atoms with Crippen LogP contribution in [0.4, 0.5) is 0 Å². The number of thioether (sulfide) groups is 1. The number of nitrogens with zero attached hydrogens (tertiary/aromatic N) is 2. The highest BCUT2D eigenvalue weighted by molar-refractivity contribution is 7.99. The average molecular weight is 501 g/mol. The van der Waals surface area contributed by atoms with Gasteiger partial charge >= 0.3 is 0 Å². The molecule has 3 aromatic carbocycles. The van der Waals surface area contributed by atoms with Gasteiger partial charge in [-0.25, -0.2) is 13.4 Å². The molecule has 0 radical (unpaired) electrons. The molecule has 0 aliphatic heterocycles. The first-order valence-corrected chi connectivity index (χ1v) is 13.9. The van der Waals surface area contributed by atoms with Crippen molar-refractivity contribution in [1.82, 2.24) is 4.98 Å². The first-order chi connectivity index (χ1) is 16.9. The molecule has 0 bridgehead atoms. The van der Waals surface area contributed by atoms with Crippen LogP contribution < -0.4 is 0 Å². The van der Waals surface area contributed by atoms with Crippen LogP contribution >= 0.6 is 11.8 Å². The van der Waals surface area contributed by atoms with E-state index in [2.05, 4.69) is 6.07 Å². The minimum atomic E-state index is -3.50. The molecule has 0 saturated carbocycles. The second kappa shape index (κ2) is 11.3. The average Bonchev–Trinajstić information content (AvgIpc) is 2.88. The summed E-state index contributed by atoms with van der Waals surface area (Å²) in [5, 5.41) is 21.0. The van der Waals surface area contributed by atoms with E-state index in [0.717, 1.165) is 16.7 Å². The highest BCUT2D eigenvalue weighted by atomic mass is 32.2. The van der Waals surface area contributed by atoms with Gasteiger partial charge in [0.15, 0.2) is 9.84 Å². The Kier molecular flexibility index (Phi) is 7.98. The highest BCUT2D eigenvalue weighted by Crippen LogP contribution is 2.34. The molecule has 7 heteroatoms. The van der Waals surface area contributed by atoms with Crippen LogP contribution in [-0.4, -0.2) is 36.1 Å². The Morgan fingerprint density at radius 2 is 1.46 bits per heavy atom. The van der Waals surface area contributed by atoms with Crippen LogP contribution in [0.3, 0.4) is 0 Å². The van der Waals surface area contributed by atoms with Crippen molar-refractivity contribution in [3.63, 3.8) is 0 Å². The van der Waals surface area contributed by atoms with E-state index in [9.17, 15) is 18.8 Å². The van der Waals surface area contributed by atoms with Crippen molar-refractivity contribution in [2.24, 2.45) is 0 Å². The minimum absolute atomic E-state index is 0.0994. The lowest BCUT2D eigenvalue weighted by atomic mass is 9.99. The topological polar surface area (TPSA) is 91.0 Å². The maximum atomic E-state index is 12.6. The van der Waals surface area contributed by atoms with E-state index >= 15 is 0 Å². The molecule has 0 fully saturated rings. The summed E-state index contributed by atoms with van der Waals surface area (Å²) >= 11 is 1.20. The summed E-state index contributed by atoms with van der Waals surface area (Å²) in [6.45, 7) is 0. The lowest BCUT2D eigenvalue weighted by Crippen LogP contribution is -2.24. The third-order valence-corrected chi connectivity index (χ3v) is 8.13. The number of benzene rings is 3. The van der Waals surface area contributed by atoms with Crippen LogP contribution in [0.15, 0.2) is 102 Å². The van der Waals surface area contributed by atoms with Crippen LogP contribution in [0.1, 0.15) is 11.1 Å². The van der Waals surface area contributed by atoms with E-state index in [-0.39, 0.29) is 17.3 Å². The maximum absolute atomic E-state index is 12.6. The fourth-order valence-corrected chi connectivity index (χ4v) is 6.34. The fraction of sp³-hybridized carbons (Fsp3) is 0.143. The van der Waals surface area contributed by atoms with Crippen molar-refractivity contribution in [2.45, 2.75) is 16.9 Å². The van der Waals surface area contributed by atoms with Gasteiger partial charge in [0.05, 0.1) is 28.9 Å². The summed E-state index contributed by atoms with van der Waals surface area (Å²) in [7, 11) is -3.50. The first kappa shape index (κ1) is 24.7. The molecular formula is C28H24N2O3S2. The number of pyridine rings is 1. The van der Waals surface area contributed by atoms with Gasteiger partial charge in [0.1, 0.15) is 11.1 Å². The van der Waals surface area contributed by atoms with Crippen LogP contribution in [0.2, 0.25) is 0 Å². The summed E-state index contributed by atoms with van der Waals surface area (Å²) < 4.78 is 25.2. The Balaban J connectivity index is 1.59. The zero-order chi connectivity index (χ0) is 24.7. The highest BCUT2D eigenvalue weighted by Gasteiger charge is 2.21. The summed E-state index contributed by atoms with van der Waals surface area (Å²) in [6, 6.07) is 32.3. The van der Waals surface area contributed by atoms with Crippen LogP contribution in [0.5, 0.6) is 0 Å². The van der Waals surface area contributed by atoms with Gasteiger partial charge in [0.2, 0.25) is 0 Å². The second-order valence-electron chi connectivity index (χ2n) is 8.08. The molecule has 176 valence electrons. The van der Waals surface area contributed by atoms with Gasteiger partial charge in [-0.3, -0.25) is 0 Å². The number of aliphatic hydroxyl groups is 1. The Labute approximate surface area is 210 Å². The summed E-state index contributed by atoms with van der Waals surface area (Å²) in [6.07, 6.45) is -1.09. The van der Waals surface area contributed by atoms with E-state index in [1.54, 1.807) is 24.3 Å². The smallest absolute Gasteiger partial charge is 0.157 e. The minimum Gasteiger partial charge on any atom is -0.391 e. The van der Waals surface area contributed by atoms with E-state index in [4.69, 9.17) is 4.98 Å². The van der Waals surface area contributed by atoms with Crippen molar-refractivity contribution in [2.75, 3.05) is 11.5 Å². The number of rotatable bonds is 9. The molecule has 1 heterocycles. The molecule has 0 saturated heterocycles. The van der Waals surface area contributed by atoms with Crippen LogP contribution in [0.25, 0.3) is 22.4 Å². The van der Waals surface area contributed by atoms with Crippen molar-refractivity contribution in [3.8, 4) is 28.5 Å². The molecule has 35 heavy (non-hydrogen) atoms. The standard InChI is InChI=1S/C28H24N2O3S2/c29-17-26-25(22-12-6-2-7-13-22)16-27(23-14-8-3-9-15-23)30-28(26)34-18-24(31)20-35(32,33)19-21-10-4-1-5-11-21/h1-16,24,31H,18-20H2/t24-/m0/s1. The zero-order valence-corrected chi connectivity index (χ0v) is 20.5. The van der Waals surface area contributed by atoms with Crippen molar-refractivity contribution in [3.05, 3.63) is 108 Å². The molecule has 4 aromatic rings. The molecule has 1 aromatic heterocycles. The summed E-state index contributed by atoms with van der Waals surface area (Å²) in [4.78, 5) is 4.72. The monoisotopic (exact) mass is 500 g/mol. The third-order valence-electron chi connectivity index (χ3n) is 5.34. The Hall–Kier alpha value is -3.44. The van der Waals surface area contributed by atoms with E-state index < -0.39 is 15.9 Å². The van der Waals surface area contributed by atoms with Gasteiger partial charge in [-0.2, -0.15) is 5.26 Å². The Morgan fingerprint density at radius 3 is 2.06 bits per heavy atom. The van der Waals surface area contributed by atoms with Gasteiger partial charge in [-0.05, 0) is 17.2 Å². The summed E-state index contributed by atoms with van der Waals surface area (Å²) in [5.74, 6) is -0.387.